The van der Waals surface area contributed by atoms with Gasteiger partial charge in [-0.25, -0.2) is 9.97 Å². The fraction of sp³-hybridized carbons (Fsp3) is 0.467. The number of amides is 1. The number of anilines is 1. The van der Waals surface area contributed by atoms with Crippen molar-refractivity contribution in [2.75, 3.05) is 11.9 Å². The molecule has 1 aliphatic rings. The van der Waals surface area contributed by atoms with E-state index in [9.17, 15) is 9.59 Å². The molecule has 23 heavy (non-hydrogen) atoms. The van der Waals surface area contributed by atoms with Gasteiger partial charge >= 0.3 is 5.97 Å². The Labute approximate surface area is 141 Å². The van der Waals surface area contributed by atoms with Crippen molar-refractivity contribution < 1.29 is 14.3 Å². The van der Waals surface area contributed by atoms with Crippen molar-refractivity contribution in [2.45, 2.75) is 32.1 Å². The molecule has 2 aromatic rings. The number of aromatic nitrogens is 2. The molecule has 0 saturated heterocycles. The van der Waals surface area contributed by atoms with Crippen LogP contribution in [0.3, 0.4) is 0 Å². The second-order valence-corrected chi connectivity index (χ2v) is 7.15. The van der Waals surface area contributed by atoms with Gasteiger partial charge in [0.25, 0.3) is 5.91 Å². The lowest BCUT2D eigenvalue weighted by Crippen LogP contribution is -2.17. The number of carbonyl (C=O) groups excluding carboxylic acids is 2. The van der Waals surface area contributed by atoms with Crippen molar-refractivity contribution in [3.05, 3.63) is 27.7 Å². The number of carbonyl (C=O) groups is 2. The van der Waals surface area contributed by atoms with Gasteiger partial charge in [0.05, 0.1) is 18.0 Å². The number of esters is 1. The number of nitrogens with one attached hydrogen (secondary N) is 1. The van der Waals surface area contributed by atoms with Crippen LogP contribution >= 0.6 is 22.7 Å². The van der Waals surface area contributed by atoms with Crippen molar-refractivity contribution in [3.63, 3.8) is 0 Å². The minimum Gasteiger partial charge on any atom is -0.465 e. The average molecular weight is 351 g/mol. The smallest absolute Gasteiger partial charge is 0.308 e. The molecule has 0 spiro atoms. The number of ether oxygens (including phenoxy) is 1. The largest absolute Gasteiger partial charge is 0.465 e. The third kappa shape index (κ3) is 4.14. The highest BCUT2D eigenvalue weighted by Crippen LogP contribution is 2.26. The first-order valence-corrected chi connectivity index (χ1v) is 9.30. The van der Waals surface area contributed by atoms with Gasteiger partial charge in [-0.1, -0.05) is 12.8 Å². The van der Waals surface area contributed by atoms with Gasteiger partial charge in [0, 0.05) is 22.9 Å². The molecule has 1 aliphatic carbocycles. The number of hydrogen-bond donors (Lipinski definition) is 1. The molecule has 1 amide bonds. The quantitative estimate of drug-likeness (QED) is 0.809. The second-order valence-electron chi connectivity index (χ2n) is 5.31. The standard InChI is InChI=1S/C15H17N3O3S2/c19-13(18-15-16-6-8-22-15)12-11(23-9-17-12)5-7-21-14(20)10-3-1-2-4-10/h6,8-10H,1-5,7H2,(H,16,18,19). The lowest BCUT2D eigenvalue weighted by Gasteiger charge is -2.09. The molecule has 1 saturated carbocycles. The summed E-state index contributed by atoms with van der Waals surface area (Å²) in [5.41, 5.74) is 2.01. The molecule has 2 heterocycles. The normalized spacial score (nSPS) is 14.8. The molecule has 8 heteroatoms. The Balaban J connectivity index is 1.51. The molecule has 1 fully saturated rings. The molecule has 0 unspecified atom stereocenters. The van der Waals surface area contributed by atoms with Crippen LogP contribution in [0.5, 0.6) is 0 Å². The van der Waals surface area contributed by atoms with E-state index < -0.39 is 0 Å². The summed E-state index contributed by atoms with van der Waals surface area (Å²) < 4.78 is 5.34. The summed E-state index contributed by atoms with van der Waals surface area (Å²) in [5.74, 6) is -0.330. The zero-order valence-corrected chi connectivity index (χ0v) is 14.1. The predicted octanol–water partition coefficient (Wildman–Crippen LogP) is 3.13. The Morgan fingerprint density at radius 1 is 1.26 bits per heavy atom. The number of nitrogens with zero attached hydrogens (tertiary/aromatic N) is 2. The van der Waals surface area contributed by atoms with Crippen LogP contribution in [0.2, 0.25) is 0 Å². The van der Waals surface area contributed by atoms with E-state index in [0.29, 0.717) is 17.2 Å². The van der Waals surface area contributed by atoms with Crippen LogP contribution in [0.15, 0.2) is 17.1 Å². The zero-order valence-electron chi connectivity index (χ0n) is 12.5. The van der Waals surface area contributed by atoms with E-state index in [2.05, 4.69) is 15.3 Å². The Kier molecular flexibility index (Phi) is 5.35. The van der Waals surface area contributed by atoms with Gasteiger partial charge in [0.2, 0.25) is 0 Å². The molecule has 0 atom stereocenters. The monoisotopic (exact) mass is 351 g/mol. The molecule has 0 bridgehead atoms. The Bertz CT molecular complexity index is 663. The Morgan fingerprint density at radius 2 is 2.09 bits per heavy atom. The highest BCUT2D eigenvalue weighted by Gasteiger charge is 2.24. The number of rotatable bonds is 6. The van der Waals surface area contributed by atoms with E-state index in [-0.39, 0.29) is 24.4 Å². The van der Waals surface area contributed by atoms with Crippen molar-refractivity contribution in [2.24, 2.45) is 5.92 Å². The lowest BCUT2D eigenvalue weighted by molar-refractivity contribution is -0.148. The van der Waals surface area contributed by atoms with Gasteiger partial charge < -0.3 is 4.74 Å². The molecule has 0 aliphatic heterocycles. The first kappa shape index (κ1) is 16.1. The minimum atomic E-state index is -0.279. The SMILES string of the molecule is O=C(Nc1nccs1)c1ncsc1CCOC(=O)C1CCCC1. The van der Waals surface area contributed by atoms with Crippen LogP contribution in [0.4, 0.5) is 5.13 Å². The maximum absolute atomic E-state index is 12.2. The average Bonchev–Trinajstić information content (AvgIpc) is 3.29. The van der Waals surface area contributed by atoms with Gasteiger partial charge in [-0.05, 0) is 12.8 Å². The van der Waals surface area contributed by atoms with E-state index >= 15 is 0 Å². The van der Waals surface area contributed by atoms with E-state index in [1.807, 2.05) is 0 Å². The van der Waals surface area contributed by atoms with Crippen LogP contribution < -0.4 is 5.32 Å². The summed E-state index contributed by atoms with van der Waals surface area (Å²) in [6.07, 6.45) is 6.21. The van der Waals surface area contributed by atoms with E-state index in [1.165, 1.54) is 22.7 Å². The van der Waals surface area contributed by atoms with Gasteiger partial charge in [0.15, 0.2) is 5.13 Å². The Hall–Kier alpha value is -1.80. The first-order valence-electron chi connectivity index (χ1n) is 7.54. The molecule has 0 radical (unpaired) electrons. The van der Waals surface area contributed by atoms with E-state index in [1.54, 1.807) is 17.1 Å². The predicted molar refractivity (Wildman–Crippen MR) is 88.8 cm³/mol. The molecule has 122 valence electrons. The maximum atomic E-state index is 12.2. The molecule has 2 aromatic heterocycles. The second kappa shape index (κ2) is 7.65. The molecule has 0 aromatic carbocycles. The summed E-state index contributed by atoms with van der Waals surface area (Å²) in [7, 11) is 0. The summed E-state index contributed by atoms with van der Waals surface area (Å²) in [6, 6.07) is 0. The lowest BCUT2D eigenvalue weighted by atomic mass is 10.1. The fourth-order valence-corrected chi connectivity index (χ4v) is 3.87. The number of hydrogen-bond acceptors (Lipinski definition) is 7. The van der Waals surface area contributed by atoms with Crippen LogP contribution in [0.25, 0.3) is 0 Å². The van der Waals surface area contributed by atoms with Gasteiger partial charge in [-0.2, -0.15) is 0 Å². The van der Waals surface area contributed by atoms with Crippen LogP contribution in [0.1, 0.15) is 41.0 Å². The Morgan fingerprint density at radius 3 is 2.83 bits per heavy atom. The van der Waals surface area contributed by atoms with Crippen LogP contribution in [-0.2, 0) is 16.0 Å². The molecule has 3 rings (SSSR count). The van der Waals surface area contributed by atoms with Crippen molar-refractivity contribution >= 4 is 39.7 Å². The summed E-state index contributed by atoms with van der Waals surface area (Å²) >= 11 is 2.75. The van der Waals surface area contributed by atoms with Gasteiger partial charge in [0.1, 0.15) is 5.69 Å². The zero-order chi connectivity index (χ0) is 16.1. The van der Waals surface area contributed by atoms with E-state index in [0.717, 1.165) is 30.6 Å². The summed E-state index contributed by atoms with van der Waals surface area (Å²) in [4.78, 5) is 33.0. The molecular formula is C15H17N3O3S2. The van der Waals surface area contributed by atoms with E-state index in [4.69, 9.17) is 4.74 Å². The topological polar surface area (TPSA) is 81.2 Å². The third-order valence-corrected chi connectivity index (χ3v) is 5.35. The van der Waals surface area contributed by atoms with Crippen LogP contribution in [-0.4, -0.2) is 28.5 Å². The molecule has 6 nitrogen and oxygen atoms in total. The maximum Gasteiger partial charge on any atom is 0.308 e. The highest BCUT2D eigenvalue weighted by molar-refractivity contribution is 7.13. The summed E-state index contributed by atoms with van der Waals surface area (Å²) in [5, 5.41) is 5.05. The third-order valence-electron chi connectivity index (χ3n) is 3.77. The molecular weight excluding hydrogens is 334 g/mol. The minimum absolute atomic E-state index is 0.0594. The number of thiazole rings is 2. The summed E-state index contributed by atoms with van der Waals surface area (Å²) in [6.45, 7) is 0.287. The van der Waals surface area contributed by atoms with Gasteiger partial charge in [-0.15, -0.1) is 22.7 Å². The molecule has 1 N–H and O–H groups in total. The fourth-order valence-electron chi connectivity index (χ4n) is 2.60. The van der Waals surface area contributed by atoms with Gasteiger partial charge in [-0.3, -0.25) is 14.9 Å². The van der Waals surface area contributed by atoms with Crippen molar-refractivity contribution in [1.29, 1.82) is 0 Å². The van der Waals surface area contributed by atoms with Crippen LogP contribution in [0, 0.1) is 5.92 Å². The highest BCUT2D eigenvalue weighted by atomic mass is 32.1. The van der Waals surface area contributed by atoms with Crippen molar-refractivity contribution in [1.82, 2.24) is 9.97 Å². The first-order chi connectivity index (χ1) is 11.2. The van der Waals surface area contributed by atoms with Crippen molar-refractivity contribution in [3.8, 4) is 0 Å².